The number of rotatable bonds is 4. The van der Waals surface area contributed by atoms with Crippen molar-refractivity contribution >= 4 is 28.9 Å². The summed E-state index contributed by atoms with van der Waals surface area (Å²) in [5, 5.41) is 19.0. The summed E-state index contributed by atoms with van der Waals surface area (Å²) in [6.45, 7) is -0.103. The van der Waals surface area contributed by atoms with E-state index in [4.69, 9.17) is 38.9 Å². The predicted octanol–water partition coefficient (Wildman–Crippen LogP) is 2.13. The minimum absolute atomic E-state index is 0.00524. The van der Waals surface area contributed by atoms with Gasteiger partial charge in [0.2, 0.25) is 0 Å². The monoisotopic (exact) mass is 275 g/mol. The Balaban J connectivity index is 2.95. The number of nitro benzene ring substituents is 1. The standard InChI is InChI=1S/C9H7Cl2N3O3/c10-7-1-6(14(15)16)2-8(11)9(7)17-4-5(13)3-12/h1-2,5H,4,13H2. The third-order valence-corrected chi connectivity index (χ3v) is 2.33. The molecule has 17 heavy (non-hydrogen) atoms. The van der Waals surface area contributed by atoms with Crippen LogP contribution in [-0.4, -0.2) is 17.6 Å². The summed E-state index contributed by atoms with van der Waals surface area (Å²) in [6, 6.07) is 3.16. The Labute approximate surface area is 107 Å². The highest BCUT2D eigenvalue weighted by molar-refractivity contribution is 6.37. The molecule has 0 saturated heterocycles. The summed E-state index contributed by atoms with van der Waals surface area (Å²) in [6.07, 6.45) is 0. The SMILES string of the molecule is N#CC(N)COc1c(Cl)cc([N+](=O)[O-])cc1Cl. The molecule has 1 rings (SSSR count). The molecule has 90 valence electrons. The van der Waals surface area contributed by atoms with Crippen LogP contribution >= 0.6 is 23.2 Å². The fraction of sp³-hybridized carbons (Fsp3) is 0.222. The van der Waals surface area contributed by atoms with Crippen molar-refractivity contribution < 1.29 is 9.66 Å². The van der Waals surface area contributed by atoms with Crippen molar-refractivity contribution in [2.45, 2.75) is 6.04 Å². The lowest BCUT2D eigenvalue weighted by molar-refractivity contribution is -0.384. The van der Waals surface area contributed by atoms with E-state index in [1.165, 1.54) is 0 Å². The Morgan fingerprint density at radius 2 is 2.06 bits per heavy atom. The van der Waals surface area contributed by atoms with Gasteiger partial charge in [-0.15, -0.1) is 0 Å². The van der Waals surface area contributed by atoms with Crippen LogP contribution in [0, 0.1) is 21.4 Å². The molecule has 1 unspecified atom stereocenters. The lowest BCUT2D eigenvalue weighted by atomic mass is 10.3. The van der Waals surface area contributed by atoms with E-state index in [0.717, 1.165) is 12.1 Å². The van der Waals surface area contributed by atoms with Crippen molar-refractivity contribution in [2.24, 2.45) is 5.73 Å². The van der Waals surface area contributed by atoms with Crippen molar-refractivity contribution in [2.75, 3.05) is 6.61 Å². The average molecular weight is 276 g/mol. The number of nitrogens with two attached hydrogens (primary N) is 1. The topological polar surface area (TPSA) is 102 Å². The number of hydrogen-bond acceptors (Lipinski definition) is 5. The quantitative estimate of drug-likeness (QED) is 0.670. The van der Waals surface area contributed by atoms with E-state index >= 15 is 0 Å². The van der Waals surface area contributed by atoms with E-state index in [-0.39, 0.29) is 28.1 Å². The predicted molar refractivity (Wildman–Crippen MR) is 62.2 cm³/mol. The lowest BCUT2D eigenvalue weighted by Crippen LogP contribution is -2.25. The molecule has 1 atom stereocenters. The van der Waals surface area contributed by atoms with E-state index in [2.05, 4.69) is 0 Å². The molecular formula is C9H7Cl2N3O3. The smallest absolute Gasteiger partial charge is 0.272 e. The van der Waals surface area contributed by atoms with Gasteiger partial charge < -0.3 is 10.5 Å². The first-order valence-corrected chi connectivity index (χ1v) is 5.12. The molecule has 0 aliphatic rings. The number of nitrogens with zero attached hydrogens (tertiary/aromatic N) is 2. The van der Waals surface area contributed by atoms with Gasteiger partial charge in [0, 0.05) is 12.1 Å². The summed E-state index contributed by atoms with van der Waals surface area (Å²) in [7, 11) is 0. The Hall–Kier alpha value is -1.55. The van der Waals surface area contributed by atoms with Crippen molar-refractivity contribution in [1.29, 1.82) is 5.26 Å². The molecule has 8 heteroatoms. The molecule has 0 heterocycles. The van der Waals surface area contributed by atoms with E-state index < -0.39 is 11.0 Å². The highest BCUT2D eigenvalue weighted by atomic mass is 35.5. The fourth-order valence-electron chi connectivity index (χ4n) is 1.00. The van der Waals surface area contributed by atoms with Crippen LogP contribution in [0.4, 0.5) is 5.69 Å². The molecule has 0 radical (unpaired) electrons. The Kier molecular flexibility index (Phi) is 4.52. The lowest BCUT2D eigenvalue weighted by Gasteiger charge is -2.10. The van der Waals surface area contributed by atoms with Crippen LogP contribution in [0.3, 0.4) is 0 Å². The number of hydrogen-bond donors (Lipinski definition) is 1. The average Bonchev–Trinajstić information content (AvgIpc) is 2.27. The van der Waals surface area contributed by atoms with Crippen LogP contribution in [0.15, 0.2) is 12.1 Å². The van der Waals surface area contributed by atoms with E-state index in [9.17, 15) is 10.1 Å². The number of benzene rings is 1. The number of halogens is 2. The van der Waals surface area contributed by atoms with Gasteiger partial charge in [0.25, 0.3) is 5.69 Å². The second-order valence-corrected chi connectivity index (χ2v) is 3.86. The third kappa shape index (κ3) is 3.46. The van der Waals surface area contributed by atoms with Crippen molar-refractivity contribution in [3.05, 3.63) is 32.3 Å². The molecule has 0 aliphatic carbocycles. The fourth-order valence-corrected chi connectivity index (χ4v) is 1.58. The molecular weight excluding hydrogens is 269 g/mol. The van der Waals surface area contributed by atoms with Crippen molar-refractivity contribution in [3.8, 4) is 11.8 Å². The van der Waals surface area contributed by atoms with Gasteiger partial charge in [0.15, 0.2) is 5.75 Å². The molecule has 0 aliphatic heterocycles. The molecule has 0 spiro atoms. The van der Waals surface area contributed by atoms with Crippen LogP contribution in [0.1, 0.15) is 0 Å². The van der Waals surface area contributed by atoms with E-state index in [1.54, 1.807) is 6.07 Å². The van der Waals surface area contributed by atoms with Crippen LogP contribution in [0.2, 0.25) is 10.0 Å². The molecule has 0 aromatic heterocycles. The van der Waals surface area contributed by atoms with Crippen LogP contribution in [0.25, 0.3) is 0 Å². The number of nitriles is 1. The summed E-state index contributed by atoms with van der Waals surface area (Å²) in [5.41, 5.74) is 5.08. The molecule has 2 N–H and O–H groups in total. The minimum atomic E-state index is -0.822. The van der Waals surface area contributed by atoms with Gasteiger partial charge >= 0.3 is 0 Å². The highest BCUT2D eigenvalue weighted by Gasteiger charge is 2.16. The molecule has 0 fully saturated rings. The van der Waals surface area contributed by atoms with Gasteiger partial charge in [-0.3, -0.25) is 10.1 Å². The first-order chi connectivity index (χ1) is 7.95. The summed E-state index contributed by atoms with van der Waals surface area (Å²) < 4.78 is 5.12. The normalized spacial score (nSPS) is 11.6. The van der Waals surface area contributed by atoms with Gasteiger partial charge in [0.1, 0.15) is 12.6 Å². The highest BCUT2D eigenvalue weighted by Crippen LogP contribution is 2.36. The van der Waals surface area contributed by atoms with Crippen LogP contribution in [0.5, 0.6) is 5.75 Å². The first kappa shape index (κ1) is 13.5. The van der Waals surface area contributed by atoms with Crippen LogP contribution < -0.4 is 10.5 Å². The largest absolute Gasteiger partial charge is 0.488 e. The summed E-state index contributed by atoms with van der Waals surface area (Å²) in [4.78, 5) is 9.89. The number of nitro groups is 1. The molecule has 0 bridgehead atoms. The maximum Gasteiger partial charge on any atom is 0.272 e. The summed E-state index contributed by atoms with van der Waals surface area (Å²) in [5.74, 6) is 0.0737. The molecule has 6 nitrogen and oxygen atoms in total. The zero-order chi connectivity index (χ0) is 13.0. The van der Waals surface area contributed by atoms with Gasteiger partial charge in [-0.25, -0.2) is 0 Å². The molecule has 1 aromatic rings. The zero-order valence-electron chi connectivity index (χ0n) is 8.39. The molecule has 0 amide bonds. The van der Waals surface area contributed by atoms with Gasteiger partial charge in [-0.05, 0) is 0 Å². The first-order valence-electron chi connectivity index (χ1n) is 4.37. The molecule has 1 aromatic carbocycles. The Bertz CT molecular complexity index is 464. The molecule has 0 saturated carbocycles. The van der Waals surface area contributed by atoms with E-state index in [0.29, 0.717) is 0 Å². The van der Waals surface area contributed by atoms with E-state index in [1.807, 2.05) is 0 Å². The third-order valence-electron chi connectivity index (χ3n) is 1.77. The maximum absolute atomic E-state index is 10.5. The zero-order valence-corrected chi connectivity index (χ0v) is 9.90. The minimum Gasteiger partial charge on any atom is -0.488 e. The van der Waals surface area contributed by atoms with Crippen molar-refractivity contribution in [1.82, 2.24) is 0 Å². The Morgan fingerprint density at radius 1 is 1.53 bits per heavy atom. The van der Waals surface area contributed by atoms with Crippen molar-refractivity contribution in [3.63, 3.8) is 0 Å². The second-order valence-electron chi connectivity index (χ2n) is 3.04. The van der Waals surface area contributed by atoms with Gasteiger partial charge in [0.05, 0.1) is 21.0 Å². The van der Waals surface area contributed by atoms with Gasteiger partial charge in [-0.1, -0.05) is 23.2 Å². The number of ether oxygens (including phenoxy) is 1. The van der Waals surface area contributed by atoms with Gasteiger partial charge in [-0.2, -0.15) is 5.26 Å². The number of non-ortho nitro benzene ring substituents is 1. The Morgan fingerprint density at radius 3 is 2.47 bits per heavy atom. The summed E-state index contributed by atoms with van der Waals surface area (Å²) >= 11 is 11.5. The maximum atomic E-state index is 10.5. The van der Waals surface area contributed by atoms with Crippen LogP contribution in [-0.2, 0) is 0 Å². The second kappa shape index (κ2) is 5.68.